The Kier molecular flexibility index (Phi) is 3.32. The summed E-state index contributed by atoms with van der Waals surface area (Å²) in [6.45, 7) is 2.58. The van der Waals surface area contributed by atoms with Gasteiger partial charge in [0.05, 0.1) is 0 Å². The molecule has 1 N–H and O–H groups in total. The lowest BCUT2D eigenvalue weighted by atomic mass is 9.67. The van der Waals surface area contributed by atoms with Crippen molar-refractivity contribution >= 4 is 10.9 Å². The van der Waals surface area contributed by atoms with Gasteiger partial charge in [0.1, 0.15) is 0 Å². The molecule has 1 unspecified atom stereocenters. The van der Waals surface area contributed by atoms with E-state index in [-0.39, 0.29) is 0 Å². The van der Waals surface area contributed by atoms with E-state index in [2.05, 4.69) is 36.2 Å². The van der Waals surface area contributed by atoms with Crippen molar-refractivity contribution in [2.24, 2.45) is 5.41 Å². The lowest BCUT2D eigenvalue weighted by molar-refractivity contribution is 0.186. The zero-order chi connectivity index (χ0) is 14.3. The molecule has 1 atom stereocenters. The summed E-state index contributed by atoms with van der Waals surface area (Å²) >= 11 is 0. The van der Waals surface area contributed by atoms with Gasteiger partial charge in [-0.1, -0.05) is 57.2 Å². The number of aromatic nitrogens is 1. The van der Waals surface area contributed by atoms with Gasteiger partial charge in [0.2, 0.25) is 0 Å². The first kappa shape index (κ1) is 13.4. The van der Waals surface area contributed by atoms with Crippen molar-refractivity contribution in [3.63, 3.8) is 0 Å². The molecule has 2 aliphatic rings. The van der Waals surface area contributed by atoms with Gasteiger partial charge in [-0.25, -0.2) is 0 Å². The third kappa shape index (κ3) is 2.22. The second kappa shape index (κ2) is 5.19. The lowest BCUT2D eigenvalue weighted by Gasteiger charge is -2.38. The normalized spacial score (nSPS) is 25.5. The van der Waals surface area contributed by atoms with Crippen LogP contribution in [-0.2, 0) is 6.42 Å². The Morgan fingerprint density at radius 1 is 1.00 bits per heavy atom. The molecule has 0 aliphatic heterocycles. The first-order valence-corrected chi connectivity index (χ1v) is 8.87. The second-order valence-electron chi connectivity index (χ2n) is 7.58. The predicted molar refractivity (Wildman–Crippen MR) is 89.8 cm³/mol. The minimum atomic E-state index is 0.524. The molecule has 2 aromatic rings. The minimum absolute atomic E-state index is 0.524. The van der Waals surface area contributed by atoms with Gasteiger partial charge < -0.3 is 4.98 Å². The molecule has 21 heavy (non-hydrogen) atoms. The largest absolute Gasteiger partial charge is 0.358 e. The summed E-state index contributed by atoms with van der Waals surface area (Å²) in [6, 6.07) is 8.92. The number of rotatable bonds is 1. The zero-order valence-corrected chi connectivity index (χ0v) is 13.3. The van der Waals surface area contributed by atoms with E-state index in [4.69, 9.17) is 0 Å². The summed E-state index contributed by atoms with van der Waals surface area (Å²) in [5.74, 6) is 0.779. The molecule has 1 nitrogen and oxygen atoms in total. The number of hydrogen-bond acceptors (Lipinski definition) is 0. The van der Waals surface area contributed by atoms with Crippen LogP contribution in [0, 0.1) is 5.41 Å². The van der Waals surface area contributed by atoms with Crippen LogP contribution in [0.4, 0.5) is 0 Å². The van der Waals surface area contributed by atoms with Crippen molar-refractivity contribution in [2.45, 2.75) is 70.6 Å². The van der Waals surface area contributed by atoms with E-state index in [1.807, 2.05) is 0 Å². The molecule has 112 valence electrons. The van der Waals surface area contributed by atoms with Gasteiger partial charge >= 0.3 is 0 Å². The summed E-state index contributed by atoms with van der Waals surface area (Å²) in [6.07, 6.45) is 12.7. The van der Waals surface area contributed by atoms with E-state index in [1.165, 1.54) is 74.4 Å². The van der Waals surface area contributed by atoms with Crippen LogP contribution < -0.4 is 0 Å². The Labute approximate surface area is 128 Å². The quantitative estimate of drug-likeness (QED) is 0.665. The maximum atomic E-state index is 3.69. The fourth-order valence-corrected chi connectivity index (χ4v) is 5.01. The van der Waals surface area contributed by atoms with Crippen molar-refractivity contribution in [1.82, 2.24) is 4.98 Å². The second-order valence-corrected chi connectivity index (χ2v) is 7.58. The molecule has 2 aliphatic carbocycles. The van der Waals surface area contributed by atoms with Crippen LogP contribution in [0.25, 0.3) is 10.9 Å². The fourth-order valence-electron chi connectivity index (χ4n) is 5.01. The van der Waals surface area contributed by atoms with Crippen LogP contribution in [0.2, 0.25) is 0 Å². The number of para-hydroxylation sites is 1. The molecule has 0 amide bonds. The van der Waals surface area contributed by atoms with Crippen molar-refractivity contribution in [3.05, 3.63) is 35.5 Å². The van der Waals surface area contributed by atoms with E-state index in [1.54, 1.807) is 5.56 Å². The van der Waals surface area contributed by atoms with Crippen LogP contribution in [0.15, 0.2) is 24.3 Å². The Morgan fingerprint density at radius 3 is 2.52 bits per heavy atom. The maximum absolute atomic E-state index is 3.69. The number of aromatic amines is 1. The summed E-state index contributed by atoms with van der Waals surface area (Å²) in [5, 5.41) is 1.50. The van der Waals surface area contributed by atoms with Crippen molar-refractivity contribution in [1.29, 1.82) is 0 Å². The number of aryl methyl sites for hydroxylation is 1. The molecule has 4 rings (SSSR count). The fraction of sp³-hybridized carbons (Fsp3) is 0.600. The summed E-state index contributed by atoms with van der Waals surface area (Å²) < 4.78 is 0. The van der Waals surface area contributed by atoms with Crippen LogP contribution in [0.5, 0.6) is 0 Å². The number of H-pyrrole nitrogens is 1. The van der Waals surface area contributed by atoms with E-state index in [0.29, 0.717) is 5.41 Å². The third-order valence-corrected chi connectivity index (χ3v) is 6.20. The Bertz CT molecular complexity index is 628. The van der Waals surface area contributed by atoms with Crippen LogP contribution in [0.1, 0.15) is 75.5 Å². The number of fused-ring (bicyclic) bond motifs is 3. The molecule has 0 bridgehead atoms. The Balaban J connectivity index is 1.74. The van der Waals surface area contributed by atoms with Crippen molar-refractivity contribution in [3.8, 4) is 0 Å². The third-order valence-electron chi connectivity index (χ3n) is 6.20. The highest BCUT2D eigenvalue weighted by Gasteiger charge is 2.40. The smallest absolute Gasteiger partial charge is 0.0459 e. The molecule has 0 saturated heterocycles. The molecular weight excluding hydrogens is 254 g/mol. The SMILES string of the molecule is CC1(C2CCc3[nH]c4ccccc4c32)CCCCCCC1. The number of nitrogens with one attached hydrogen (secondary N) is 1. The molecule has 0 spiro atoms. The highest BCUT2D eigenvalue weighted by Crippen LogP contribution is 2.53. The number of benzene rings is 1. The van der Waals surface area contributed by atoms with E-state index >= 15 is 0 Å². The average Bonchev–Trinajstić information content (AvgIpc) is 3.02. The zero-order valence-electron chi connectivity index (χ0n) is 13.3. The van der Waals surface area contributed by atoms with Gasteiger partial charge in [0.15, 0.2) is 0 Å². The Hall–Kier alpha value is -1.24. The molecule has 0 radical (unpaired) electrons. The first-order valence-electron chi connectivity index (χ1n) is 8.87. The van der Waals surface area contributed by atoms with Gasteiger partial charge in [-0.15, -0.1) is 0 Å². The van der Waals surface area contributed by atoms with Gasteiger partial charge in [-0.3, -0.25) is 0 Å². The summed E-state index contributed by atoms with van der Waals surface area (Å²) in [7, 11) is 0. The van der Waals surface area contributed by atoms with Gasteiger partial charge in [0, 0.05) is 16.6 Å². The average molecular weight is 281 g/mol. The molecular formula is C20H27N. The molecule has 1 heteroatoms. The molecule has 1 aromatic carbocycles. The van der Waals surface area contributed by atoms with E-state index in [9.17, 15) is 0 Å². The van der Waals surface area contributed by atoms with Gasteiger partial charge in [-0.05, 0) is 48.6 Å². The molecule has 1 aromatic heterocycles. The van der Waals surface area contributed by atoms with Crippen LogP contribution >= 0.6 is 0 Å². The van der Waals surface area contributed by atoms with Crippen LogP contribution in [-0.4, -0.2) is 4.98 Å². The van der Waals surface area contributed by atoms with E-state index < -0.39 is 0 Å². The Morgan fingerprint density at radius 2 is 1.71 bits per heavy atom. The molecule has 1 heterocycles. The minimum Gasteiger partial charge on any atom is -0.358 e. The highest BCUT2D eigenvalue weighted by molar-refractivity contribution is 5.86. The summed E-state index contributed by atoms with van der Waals surface area (Å²) in [5.41, 5.74) is 5.08. The number of hydrogen-bond donors (Lipinski definition) is 1. The molecule has 1 fully saturated rings. The maximum Gasteiger partial charge on any atom is 0.0459 e. The predicted octanol–water partition coefficient (Wildman–Crippen LogP) is 5.95. The molecule has 1 saturated carbocycles. The van der Waals surface area contributed by atoms with Gasteiger partial charge in [-0.2, -0.15) is 0 Å². The van der Waals surface area contributed by atoms with Crippen LogP contribution in [0.3, 0.4) is 0 Å². The first-order chi connectivity index (χ1) is 10.3. The van der Waals surface area contributed by atoms with Gasteiger partial charge in [0.25, 0.3) is 0 Å². The van der Waals surface area contributed by atoms with Crippen molar-refractivity contribution < 1.29 is 0 Å². The lowest BCUT2D eigenvalue weighted by Crippen LogP contribution is -2.25. The van der Waals surface area contributed by atoms with Crippen molar-refractivity contribution in [2.75, 3.05) is 0 Å². The topological polar surface area (TPSA) is 15.8 Å². The summed E-state index contributed by atoms with van der Waals surface area (Å²) in [4.78, 5) is 3.69. The van der Waals surface area contributed by atoms with E-state index in [0.717, 1.165) is 5.92 Å². The standard InChI is InChI=1S/C20H27N/c1-20(13-7-3-2-4-8-14-20)16-11-12-18-19(16)15-9-5-6-10-17(15)21-18/h5-6,9-10,16,21H,2-4,7-8,11-14H2,1H3. The highest BCUT2D eigenvalue weighted by atomic mass is 14.7. The monoisotopic (exact) mass is 281 g/mol.